The lowest BCUT2D eigenvalue weighted by molar-refractivity contribution is -0.380. The molecule has 2 heterocycles. The van der Waals surface area contributed by atoms with Gasteiger partial charge in [0, 0.05) is 17.5 Å². The number of nitrogens with zero attached hydrogens (tertiary/aromatic N) is 1. The van der Waals surface area contributed by atoms with Gasteiger partial charge in [0.2, 0.25) is 0 Å². The van der Waals surface area contributed by atoms with E-state index in [2.05, 4.69) is 5.32 Å². The number of thiophene rings is 1. The molecular formula is C11H16N2O2S2. The highest BCUT2D eigenvalue weighted by molar-refractivity contribution is 7.99. The fraction of sp³-hybridized carbons (Fsp3) is 0.636. The Kier molecular flexibility index (Phi) is 4.82. The number of hydrogen-bond donors (Lipinski definition) is 1. The van der Waals surface area contributed by atoms with Crippen molar-refractivity contribution >= 4 is 28.1 Å². The third-order valence-electron chi connectivity index (χ3n) is 2.90. The predicted octanol–water partition coefficient (Wildman–Crippen LogP) is 2.89. The summed E-state index contributed by atoms with van der Waals surface area (Å²) < 4.78 is 0. The minimum atomic E-state index is -0.327. The molecule has 1 fully saturated rings. The maximum atomic E-state index is 10.5. The monoisotopic (exact) mass is 272 g/mol. The van der Waals surface area contributed by atoms with Gasteiger partial charge in [0.25, 0.3) is 0 Å². The van der Waals surface area contributed by atoms with Crippen LogP contribution in [0.2, 0.25) is 0 Å². The second-order valence-electron chi connectivity index (χ2n) is 4.18. The van der Waals surface area contributed by atoms with Crippen LogP contribution in [0, 0.1) is 16.0 Å². The molecule has 1 N–H and O–H groups in total. The van der Waals surface area contributed by atoms with Crippen molar-refractivity contribution in [1.82, 2.24) is 5.32 Å². The molecule has 1 aromatic rings. The van der Waals surface area contributed by atoms with Crippen molar-refractivity contribution in [2.45, 2.75) is 19.4 Å². The van der Waals surface area contributed by atoms with E-state index in [9.17, 15) is 10.1 Å². The third-order valence-corrected chi connectivity index (χ3v) is 4.99. The van der Waals surface area contributed by atoms with Gasteiger partial charge in [-0.15, -0.1) is 0 Å². The molecule has 0 spiro atoms. The van der Waals surface area contributed by atoms with E-state index in [1.807, 2.05) is 17.8 Å². The van der Waals surface area contributed by atoms with Crippen LogP contribution in [0.15, 0.2) is 12.1 Å². The summed E-state index contributed by atoms with van der Waals surface area (Å²) in [5, 5.41) is 14.2. The molecule has 0 aromatic carbocycles. The third kappa shape index (κ3) is 3.97. The summed E-state index contributed by atoms with van der Waals surface area (Å²) in [6.07, 6.45) is 2.59. The van der Waals surface area contributed by atoms with Crippen molar-refractivity contribution in [2.24, 2.45) is 5.92 Å². The number of hydrogen-bond acceptors (Lipinski definition) is 5. The highest BCUT2D eigenvalue weighted by Gasteiger charge is 2.14. The summed E-state index contributed by atoms with van der Waals surface area (Å²) >= 11 is 3.30. The first kappa shape index (κ1) is 12.9. The Bertz CT molecular complexity index is 375. The van der Waals surface area contributed by atoms with Crippen molar-refractivity contribution in [3.8, 4) is 0 Å². The second kappa shape index (κ2) is 6.37. The van der Waals surface area contributed by atoms with Gasteiger partial charge in [0.05, 0.1) is 4.92 Å². The van der Waals surface area contributed by atoms with Crippen molar-refractivity contribution in [2.75, 3.05) is 18.1 Å². The fourth-order valence-corrected chi connectivity index (χ4v) is 3.90. The molecule has 94 valence electrons. The molecule has 1 aliphatic rings. The Morgan fingerprint density at radius 2 is 2.18 bits per heavy atom. The number of nitrogens with one attached hydrogen (secondary N) is 1. The zero-order valence-electron chi connectivity index (χ0n) is 9.55. The first-order valence-corrected chi connectivity index (χ1v) is 7.74. The van der Waals surface area contributed by atoms with Gasteiger partial charge in [-0.1, -0.05) is 11.3 Å². The Morgan fingerprint density at radius 3 is 2.82 bits per heavy atom. The summed E-state index contributed by atoms with van der Waals surface area (Å²) in [5.41, 5.74) is 0. The molecule has 1 aromatic heterocycles. The zero-order valence-corrected chi connectivity index (χ0v) is 11.2. The molecule has 0 amide bonds. The summed E-state index contributed by atoms with van der Waals surface area (Å²) in [7, 11) is 0. The Balaban J connectivity index is 1.71. The highest BCUT2D eigenvalue weighted by Crippen LogP contribution is 2.24. The normalized spacial score (nSPS) is 17.2. The average molecular weight is 272 g/mol. The lowest BCUT2D eigenvalue weighted by Crippen LogP contribution is -2.25. The van der Waals surface area contributed by atoms with Crippen molar-refractivity contribution < 1.29 is 4.92 Å². The van der Waals surface area contributed by atoms with E-state index in [-0.39, 0.29) is 9.92 Å². The minimum absolute atomic E-state index is 0.232. The Morgan fingerprint density at radius 1 is 1.41 bits per heavy atom. The van der Waals surface area contributed by atoms with Crippen LogP contribution in [0.25, 0.3) is 0 Å². The van der Waals surface area contributed by atoms with E-state index >= 15 is 0 Å². The largest absolute Gasteiger partial charge is 0.324 e. The predicted molar refractivity (Wildman–Crippen MR) is 72.7 cm³/mol. The molecule has 0 saturated carbocycles. The highest BCUT2D eigenvalue weighted by atomic mass is 32.2. The molecule has 0 unspecified atom stereocenters. The molecular weight excluding hydrogens is 256 g/mol. The van der Waals surface area contributed by atoms with Gasteiger partial charge < -0.3 is 5.32 Å². The van der Waals surface area contributed by atoms with Gasteiger partial charge in [-0.2, -0.15) is 11.8 Å². The Hall–Kier alpha value is -0.590. The van der Waals surface area contributed by atoms with E-state index < -0.39 is 0 Å². The van der Waals surface area contributed by atoms with Crippen LogP contribution in [-0.2, 0) is 6.54 Å². The van der Waals surface area contributed by atoms with E-state index in [1.165, 1.54) is 35.7 Å². The summed E-state index contributed by atoms with van der Waals surface area (Å²) in [4.78, 5) is 11.2. The summed E-state index contributed by atoms with van der Waals surface area (Å²) in [6.45, 7) is 1.79. The Labute approximate surface area is 109 Å². The smallest absolute Gasteiger partial charge is 0.312 e. The van der Waals surface area contributed by atoms with E-state index in [0.717, 1.165) is 23.9 Å². The molecule has 0 radical (unpaired) electrons. The number of rotatable bonds is 5. The standard InChI is InChI=1S/C11H16N2O2S2/c14-13(15)11-2-1-10(17-11)8-12-7-9-3-5-16-6-4-9/h1-2,9,12H,3-8H2. The van der Waals surface area contributed by atoms with Crippen molar-refractivity contribution in [3.05, 3.63) is 27.1 Å². The molecule has 1 saturated heterocycles. The molecule has 4 nitrogen and oxygen atoms in total. The van der Waals surface area contributed by atoms with Gasteiger partial charge in [0.15, 0.2) is 0 Å². The van der Waals surface area contributed by atoms with Gasteiger partial charge in [-0.25, -0.2) is 0 Å². The van der Waals surface area contributed by atoms with Crippen LogP contribution < -0.4 is 5.32 Å². The van der Waals surface area contributed by atoms with Crippen LogP contribution >= 0.6 is 23.1 Å². The molecule has 1 aliphatic heterocycles. The molecule has 0 aliphatic carbocycles. The second-order valence-corrected chi connectivity index (χ2v) is 6.56. The number of nitro groups is 1. The zero-order chi connectivity index (χ0) is 12.1. The van der Waals surface area contributed by atoms with Crippen LogP contribution in [0.5, 0.6) is 0 Å². The van der Waals surface area contributed by atoms with Crippen LogP contribution in [0.3, 0.4) is 0 Å². The molecule has 0 bridgehead atoms. The minimum Gasteiger partial charge on any atom is -0.312 e. The first-order chi connectivity index (χ1) is 8.25. The first-order valence-electron chi connectivity index (χ1n) is 5.77. The van der Waals surface area contributed by atoms with Gasteiger partial charge >= 0.3 is 5.00 Å². The fourth-order valence-electron chi connectivity index (χ4n) is 1.91. The van der Waals surface area contributed by atoms with E-state index in [0.29, 0.717) is 0 Å². The van der Waals surface area contributed by atoms with Crippen molar-refractivity contribution in [1.29, 1.82) is 0 Å². The van der Waals surface area contributed by atoms with Crippen LogP contribution in [0.4, 0.5) is 5.00 Å². The SMILES string of the molecule is O=[N+]([O-])c1ccc(CNCC2CCSCC2)s1. The maximum Gasteiger partial charge on any atom is 0.324 e. The van der Waals surface area contributed by atoms with E-state index in [4.69, 9.17) is 0 Å². The average Bonchev–Trinajstić information content (AvgIpc) is 2.79. The van der Waals surface area contributed by atoms with Gasteiger partial charge in [0.1, 0.15) is 0 Å². The van der Waals surface area contributed by atoms with Crippen LogP contribution in [-0.4, -0.2) is 23.0 Å². The van der Waals surface area contributed by atoms with Gasteiger partial charge in [-0.3, -0.25) is 10.1 Å². The lowest BCUT2D eigenvalue weighted by Gasteiger charge is -2.21. The molecule has 17 heavy (non-hydrogen) atoms. The molecule has 2 rings (SSSR count). The van der Waals surface area contributed by atoms with E-state index in [1.54, 1.807) is 6.07 Å². The summed E-state index contributed by atoms with van der Waals surface area (Å²) in [6, 6.07) is 3.42. The summed E-state index contributed by atoms with van der Waals surface area (Å²) in [5.74, 6) is 3.33. The molecule has 6 heteroatoms. The van der Waals surface area contributed by atoms with Gasteiger partial charge in [-0.05, 0) is 42.9 Å². The molecule has 0 atom stereocenters. The number of thioether (sulfide) groups is 1. The van der Waals surface area contributed by atoms with Crippen LogP contribution in [0.1, 0.15) is 17.7 Å². The lowest BCUT2D eigenvalue weighted by atomic mass is 10.0. The quantitative estimate of drug-likeness (QED) is 0.661. The van der Waals surface area contributed by atoms with Crippen molar-refractivity contribution in [3.63, 3.8) is 0 Å². The topological polar surface area (TPSA) is 55.2 Å². The maximum absolute atomic E-state index is 10.5.